The molecule has 2 aromatic carbocycles. The van der Waals surface area contributed by atoms with Gasteiger partial charge in [-0.1, -0.05) is 24.1 Å². The molecule has 6 nitrogen and oxygen atoms in total. The van der Waals surface area contributed by atoms with Crippen molar-refractivity contribution in [2.75, 3.05) is 18.5 Å². The topological polar surface area (TPSA) is 68.2 Å². The van der Waals surface area contributed by atoms with E-state index >= 15 is 0 Å². The standard InChI is InChI=1S/C25H29BrN4O2/c1-17-6-8-18(9-7-17)25(31)29-20-10-11-23(32-14-12-19-5-3-4-13-27-19)21(15-20)24-22(26)16-28-30(24)2/h6-11,15-16,19,27H,3-5,12-14H2,1-2H3,(H,29,31). The van der Waals surface area contributed by atoms with Crippen molar-refractivity contribution in [1.29, 1.82) is 0 Å². The Labute approximate surface area is 197 Å². The van der Waals surface area contributed by atoms with Crippen molar-refractivity contribution in [1.82, 2.24) is 15.1 Å². The van der Waals surface area contributed by atoms with Gasteiger partial charge in [0.1, 0.15) is 5.75 Å². The lowest BCUT2D eigenvalue weighted by atomic mass is 10.0. The molecule has 0 saturated carbocycles. The smallest absolute Gasteiger partial charge is 0.255 e. The van der Waals surface area contributed by atoms with E-state index in [0.29, 0.717) is 23.9 Å². The fraction of sp³-hybridized carbons (Fsp3) is 0.360. The van der Waals surface area contributed by atoms with E-state index in [2.05, 4.69) is 31.7 Å². The van der Waals surface area contributed by atoms with Gasteiger partial charge >= 0.3 is 0 Å². The van der Waals surface area contributed by atoms with Crippen LogP contribution in [0.3, 0.4) is 0 Å². The largest absolute Gasteiger partial charge is 0.493 e. The first-order chi connectivity index (χ1) is 15.5. The van der Waals surface area contributed by atoms with Gasteiger partial charge in [-0.3, -0.25) is 9.48 Å². The normalized spacial score (nSPS) is 16.0. The van der Waals surface area contributed by atoms with E-state index in [1.807, 2.05) is 56.4 Å². The van der Waals surface area contributed by atoms with E-state index in [0.717, 1.165) is 40.0 Å². The molecule has 32 heavy (non-hydrogen) atoms. The Bertz CT molecular complexity index is 1050. The van der Waals surface area contributed by atoms with Crippen LogP contribution in [-0.2, 0) is 7.05 Å². The molecule has 3 aromatic rings. The van der Waals surface area contributed by atoms with E-state index in [9.17, 15) is 4.79 Å². The molecule has 7 heteroatoms. The van der Waals surface area contributed by atoms with Crippen LogP contribution in [0.1, 0.15) is 41.6 Å². The summed E-state index contributed by atoms with van der Waals surface area (Å²) in [6, 6.07) is 13.8. The van der Waals surface area contributed by atoms with Crippen LogP contribution in [0.15, 0.2) is 53.1 Å². The van der Waals surface area contributed by atoms with Crippen LogP contribution in [0.5, 0.6) is 5.75 Å². The zero-order valence-electron chi connectivity index (χ0n) is 18.5. The van der Waals surface area contributed by atoms with E-state index in [4.69, 9.17) is 4.74 Å². The van der Waals surface area contributed by atoms with Gasteiger partial charge in [-0.25, -0.2) is 0 Å². The SMILES string of the molecule is Cc1ccc(C(=O)Nc2ccc(OCCC3CCCCN3)c(-c3c(Br)cnn3C)c2)cc1. The van der Waals surface area contributed by atoms with Gasteiger partial charge in [0, 0.05) is 29.9 Å². The Kier molecular flexibility index (Phi) is 7.27. The van der Waals surface area contributed by atoms with Crippen LogP contribution in [0.25, 0.3) is 11.3 Å². The highest BCUT2D eigenvalue weighted by Crippen LogP contribution is 2.37. The molecule has 0 bridgehead atoms. The van der Waals surface area contributed by atoms with Crippen LogP contribution in [0.2, 0.25) is 0 Å². The molecular formula is C25H29BrN4O2. The van der Waals surface area contributed by atoms with Gasteiger partial charge in [0.2, 0.25) is 0 Å². The molecule has 0 radical (unpaired) electrons. The maximum Gasteiger partial charge on any atom is 0.255 e. The number of carbonyl (C=O) groups excluding carboxylic acids is 1. The van der Waals surface area contributed by atoms with Gasteiger partial charge in [0.15, 0.2) is 0 Å². The summed E-state index contributed by atoms with van der Waals surface area (Å²) in [6.45, 7) is 3.73. The number of rotatable bonds is 7. The van der Waals surface area contributed by atoms with Gasteiger partial charge in [-0.15, -0.1) is 0 Å². The average Bonchev–Trinajstić information content (AvgIpc) is 3.13. The van der Waals surface area contributed by atoms with Gasteiger partial charge < -0.3 is 15.4 Å². The first-order valence-electron chi connectivity index (χ1n) is 11.1. The molecule has 168 valence electrons. The Morgan fingerprint density at radius 2 is 2.06 bits per heavy atom. The molecule has 2 N–H and O–H groups in total. The third-order valence-corrected chi connectivity index (χ3v) is 6.42. The second kappa shape index (κ2) is 10.3. The number of hydrogen-bond acceptors (Lipinski definition) is 4. The number of aromatic nitrogens is 2. The number of nitrogens with zero attached hydrogens (tertiary/aromatic N) is 2. The summed E-state index contributed by atoms with van der Waals surface area (Å²) in [5.74, 6) is 0.635. The Hall–Kier alpha value is -2.64. The highest BCUT2D eigenvalue weighted by Gasteiger charge is 2.18. The van der Waals surface area contributed by atoms with Gasteiger partial charge in [-0.05, 0) is 79.0 Å². The fourth-order valence-corrected chi connectivity index (χ4v) is 4.58. The van der Waals surface area contributed by atoms with Gasteiger partial charge in [-0.2, -0.15) is 5.10 Å². The Balaban J connectivity index is 1.54. The van der Waals surface area contributed by atoms with Crippen molar-refractivity contribution in [3.05, 3.63) is 64.3 Å². The van der Waals surface area contributed by atoms with Crippen molar-refractivity contribution in [2.24, 2.45) is 7.05 Å². The number of anilines is 1. The summed E-state index contributed by atoms with van der Waals surface area (Å²) in [7, 11) is 1.90. The van der Waals surface area contributed by atoms with Crippen LogP contribution in [-0.4, -0.2) is 34.9 Å². The number of ether oxygens (including phenoxy) is 1. The molecule has 1 atom stereocenters. The number of halogens is 1. The second-order valence-electron chi connectivity index (χ2n) is 8.28. The third-order valence-electron chi connectivity index (χ3n) is 5.84. The van der Waals surface area contributed by atoms with Gasteiger partial charge in [0.05, 0.1) is 23.0 Å². The highest BCUT2D eigenvalue weighted by molar-refractivity contribution is 9.10. The van der Waals surface area contributed by atoms with E-state index in [1.54, 1.807) is 10.9 Å². The maximum absolute atomic E-state index is 12.7. The number of hydrogen-bond donors (Lipinski definition) is 2. The van der Waals surface area contributed by atoms with E-state index in [1.165, 1.54) is 19.3 Å². The zero-order valence-corrected chi connectivity index (χ0v) is 20.1. The lowest BCUT2D eigenvalue weighted by molar-refractivity contribution is 0.102. The monoisotopic (exact) mass is 496 g/mol. The highest BCUT2D eigenvalue weighted by atomic mass is 79.9. The number of piperidine rings is 1. The summed E-state index contributed by atoms with van der Waals surface area (Å²) in [6.07, 6.45) is 6.47. The molecular weight excluding hydrogens is 468 g/mol. The lowest BCUT2D eigenvalue weighted by Gasteiger charge is -2.23. The predicted octanol–water partition coefficient (Wildman–Crippen LogP) is 5.32. The fourth-order valence-electron chi connectivity index (χ4n) is 4.02. The number of aryl methyl sites for hydroxylation is 2. The molecule has 1 fully saturated rings. The summed E-state index contributed by atoms with van der Waals surface area (Å²) in [5, 5.41) is 10.9. The molecule has 4 rings (SSSR count). The second-order valence-corrected chi connectivity index (χ2v) is 9.13. The maximum atomic E-state index is 12.7. The summed E-state index contributed by atoms with van der Waals surface area (Å²) in [4.78, 5) is 12.7. The third kappa shape index (κ3) is 5.40. The molecule has 2 heterocycles. The minimum atomic E-state index is -0.142. The number of amides is 1. The number of nitrogens with one attached hydrogen (secondary N) is 2. The minimum Gasteiger partial charge on any atom is -0.493 e. The molecule has 1 unspecified atom stereocenters. The van der Waals surface area contributed by atoms with Crippen LogP contribution < -0.4 is 15.4 Å². The minimum absolute atomic E-state index is 0.142. The first-order valence-corrected chi connectivity index (χ1v) is 11.9. The van der Waals surface area contributed by atoms with E-state index in [-0.39, 0.29) is 5.91 Å². The number of carbonyl (C=O) groups is 1. The van der Waals surface area contributed by atoms with Crippen molar-refractivity contribution in [3.8, 4) is 17.0 Å². The molecule has 1 aromatic heterocycles. The quantitative estimate of drug-likeness (QED) is 0.464. The molecule has 0 aliphatic carbocycles. The van der Waals surface area contributed by atoms with Gasteiger partial charge in [0.25, 0.3) is 5.91 Å². The summed E-state index contributed by atoms with van der Waals surface area (Å²) >= 11 is 3.60. The molecule has 1 aliphatic rings. The van der Waals surface area contributed by atoms with Crippen molar-refractivity contribution in [2.45, 2.75) is 38.6 Å². The summed E-state index contributed by atoms with van der Waals surface area (Å²) < 4.78 is 8.90. The molecule has 1 saturated heterocycles. The van der Waals surface area contributed by atoms with E-state index < -0.39 is 0 Å². The lowest BCUT2D eigenvalue weighted by Crippen LogP contribution is -2.35. The van der Waals surface area contributed by atoms with Crippen LogP contribution in [0.4, 0.5) is 5.69 Å². The summed E-state index contributed by atoms with van der Waals surface area (Å²) in [5.41, 5.74) is 4.24. The first kappa shape index (κ1) is 22.6. The van der Waals surface area contributed by atoms with Crippen LogP contribution in [0, 0.1) is 6.92 Å². The molecule has 0 spiro atoms. The predicted molar refractivity (Wildman–Crippen MR) is 131 cm³/mol. The van der Waals surface area contributed by atoms with Crippen LogP contribution >= 0.6 is 15.9 Å². The Morgan fingerprint density at radius 3 is 2.75 bits per heavy atom. The number of benzene rings is 2. The average molecular weight is 497 g/mol. The zero-order chi connectivity index (χ0) is 22.5. The molecule has 1 amide bonds. The van der Waals surface area contributed by atoms with Crippen molar-refractivity contribution >= 4 is 27.5 Å². The molecule has 1 aliphatic heterocycles. The van der Waals surface area contributed by atoms with Crippen molar-refractivity contribution < 1.29 is 9.53 Å². The van der Waals surface area contributed by atoms with Crippen molar-refractivity contribution in [3.63, 3.8) is 0 Å². The Morgan fingerprint density at radius 1 is 1.25 bits per heavy atom.